The van der Waals surface area contributed by atoms with Gasteiger partial charge in [0.05, 0.1) is 11.1 Å². The van der Waals surface area contributed by atoms with Crippen molar-refractivity contribution in [3.8, 4) is 0 Å². The van der Waals surface area contributed by atoms with Crippen molar-refractivity contribution in [2.24, 2.45) is 5.73 Å². The Bertz CT molecular complexity index is 435. The normalized spacial score (nSPS) is 14.5. The number of benzene rings is 1. The lowest BCUT2D eigenvalue weighted by atomic mass is 9.95. The molecular weight excluding hydrogens is 272 g/mol. The Morgan fingerprint density at radius 2 is 1.63 bits per heavy atom. The van der Waals surface area contributed by atoms with Gasteiger partial charge in [-0.25, -0.2) is 0 Å². The molecule has 0 spiro atoms. The average molecular weight is 285 g/mol. The van der Waals surface area contributed by atoms with Gasteiger partial charge >= 0.3 is 12.4 Å². The molecule has 108 valence electrons. The third kappa shape index (κ3) is 3.86. The molecule has 0 amide bonds. The molecule has 0 heterocycles. The molecule has 0 aliphatic carbocycles. The first-order valence-corrected chi connectivity index (χ1v) is 5.61. The summed E-state index contributed by atoms with van der Waals surface area (Å²) < 4.78 is 75.7. The molecule has 0 aliphatic heterocycles. The maximum absolute atomic E-state index is 12.8. The van der Waals surface area contributed by atoms with E-state index in [0.717, 1.165) is 6.07 Å². The van der Waals surface area contributed by atoms with Crippen molar-refractivity contribution < 1.29 is 26.3 Å². The zero-order valence-electron chi connectivity index (χ0n) is 10.1. The van der Waals surface area contributed by atoms with E-state index in [4.69, 9.17) is 5.73 Å². The summed E-state index contributed by atoms with van der Waals surface area (Å²) in [6.45, 7) is 1.73. The van der Waals surface area contributed by atoms with Crippen LogP contribution in [0.15, 0.2) is 18.2 Å². The zero-order valence-corrected chi connectivity index (χ0v) is 10.1. The maximum Gasteiger partial charge on any atom is 0.416 e. The van der Waals surface area contributed by atoms with E-state index >= 15 is 0 Å². The van der Waals surface area contributed by atoms with Crippen molar-refractivity contribution in [3.63, 3.8) is 0 Å². The average Bonchev–Trinajstić information content (AvgIpc) is 2.26. The highest BCUT2D eigenvalue weighted by atomic mass is 19.4. The lowest BCUT2D eigenvalue weighted by Gasteiger charge is -2.19. The van der Waals surface area contributed by atoms with Gasteiger partial charge in [0.15, 0.2) is 0 Å². The molecular formula is C12H13F6N. The largest absolute Gasteiger partial charge is 0.416 e. The highest BCUT2D eigenvalue weighted by Gasteiger charge is 2.38. The van der Waals surface area contributed by atoms with E-state index in [-0.39, 0.29) is 18.1 Å². The standard InChI is InChI=1S/C12H13F6N/c1-2-3-10(19)8-5-4-7(11(13,14)15)6-9(8)12(16,17)18/h4-6,10H,2-3,19H2,1H3/t10-/m1/s1. The van der Waals surface area contributed by atoms with Gasteiger partial charge in [-0.15, -0.1) is 0 Å². The minimum Gasteiger partial charge on any atom is -0.324 e. The van der Waals surface area contributed by atoms with E-state index in [1.165, 1.54) is 0 Å². The molecule has 0 saturated carbocycles. The van der Waals surface area contributed by atoms with Crippen LogP contribution >= 0.6 is 0 Å². The molecule has 0 fully saturated rings. The summed E-state index contributed by atoms with van der Waals surface area (Å²) in [5.74, 6) is 0. The minimum absolute atomic E-state index is 0.116. The predicted octanol–water partition coefficient (Wildman–Crippen LogP) is 4.52. The molecule has 0 aliphatic rings. The van der Waals surface area contributed by atoms with Crippen LogP contribution in [-0.2, 0) is 12.4 Å². The Labute approximate surface area is 106 Å². The monoisotopic (exact) mass is 285 g/mol. The van der Waals surface area contributed by atoms with Crippen LogP contribution in [0.5, 0.6) is 0 Å². The molecule has 1 nitrogen and oxygen atoms in total. The van der Waals surface area contributed by atoms with Crippen LogP contribution in [0.25, 0.3) is 0 Å². The fraction of sp³-hybridized carbons (Fsp3) is 0.500. The van der Waals surface area contributed by atoms with Crippen molar-refractivity contribution in [1.82, 2.24) is 0 Å². The highest BCUT2D eigenvalue weighted by molar-refractivity contribution is 5.37. The van der Waals surface area contributed by atoms with E-state index in [2.05, 4.69) is 0 Å². The second-order valence-electron chi connectivity index (χ2n) is 4.19. The second-order valence-corrected chi connectivity index (χ2v) is 4.19. The van der Waals surface area contributed by atoms with Crippen LogP contribution in [0.4, 0.5) is 26.3 Å². The molecule has 0 aromatic heterocycles. The summed E-state index contributed by atoms with van der Waals surface area (Å²) in [7, 11) is 0. The molecule has 19 heavy (non-hydrogen) atoms. The Morgan fingerprint density at radius 1 is 1.05 bits per heavy atom. The van der Waals surface area contributed by atoms with Crippen molar-refractivity contribution >= 4 is 0 Å². The Kier molecular flexibility index (Phi) is 4.50. The van der Waals surface area contributed by atoms with Gasteiger partial charge < -0.3 is 5.73 Å². The Balaban J connectivity index is 3.33. The van der Waals surface area contributed by atoms with Crippen LogP contribution in [-0.4, -0.2) is 0 Å². The molecule has 0 saturated heterocycles. The van der Waals surface area contributed by atoms with Crippen LogP contribution < -0.4 is 5.73 Å². The Morgan fingerprint density at radius 3 is 2.05 bits per heavy atom. The van der Waals surface area contributed by atoms with Crippen molar-refractivity contribution in [2.75, 3.05) is 0 Å². The van der Waals surface area contributed by atoms with Gasteiger partial charge in [-0.2, -0.15) is 26.3 Å². The topological polar surface area (TPSA) is 26.0 Å². The molecule has 0 bridgehead atoms. The quantitative estimate of drug-likeness (QED) is 0.812. The number of hydrogen-bond acceptors (Lipinski definition) is 1. The molecule has 7 heteroatoms. The number of nitrogens with two attached hydrogens (primary N) is 1. The summed E-state index contributed by atoms with van der Waals surface area (Å²) in [6.07, 6.45) is -8.86. The van der Waals surface area contributed by atoms with Crippen LogP contribution in [0, 0.1) is 0 Å². The fourth-order valence-corrected chi connectivity index (χ4v) is 1.77. The molecule has 0 radical (unpaired) electrons. The number of rotatable bonds is 3. The molecule has 1 rings (SSSR count). The first kappa shape index (κ1) is 15.8. The van der Waals surface area contributed by atoms with Gasteiger partial charge in [-0.05, 0) is 24.1 Å². The van der Waals surface area contributed by atoms with Crippen molar-refractivity contribution in [1.29, 1.82) is 0 Å². The van der Waals surface area contributed by atoms with Gasteiger partial charge in [-0.1, -0.05) is 19.4 Å². The van der Waals surface area contributed by atoms with Gasteiger partial charge in [0.2, 0.25) is 0 Å². The SMILES string of the molecule is CCC[C@@H](N)c1ccc(C(F)(F)F)cc1C(F)(F)F. The van der Waals surface area contributed by atoms with Crippen LogP contribution in [0.3, 0.4) is 0 Å². The highest BCUT2D eigenvalue weighted by Crippen LogP contribution is 2.39. The lowest BCUT2D eigenvalue weighted by Crippen LogP contribution is -2.19. The summed E-state index contributed by atoms with van der Waals surface area (Å²) in [4.78, 5) is 0. The van der Waals surface area contributed by atoms with E-state index in [0.29, 0.717) is 12.5 Å². The zero-order chi connectivity index (χ0) is 14.8. The van der Waals surface area contributed by atoms with Crippen molar-refractivity contribution in [3.05, 3.63) is 34.9 Å². The number of hydrogen-bond donors (Lipinski definition) is 1. The summed E-state index contributed by atoms with van der Waals surface area (Å²) in [6, 6.07) is 0.626. The predicted molar refractivity (Wildman–Crippen MR) is 58.3 cm³/mol. The molecule has 1 aromatic rings. The van der Waals surface area contributed by atoms with Crippen LogP contribution in [0.1, 0.15) is 42.5 Å². The van der Waals surface area contributed by atoms with Gasteiger partial charge in [-0.3, -0.25) is 0 Å². The van der Waals surface area contributed by atoms with E-state index in [9.17, 15) is 26.3 Å². The third-order valence-electron chi connectivity index (χ3n) is 2.69. The van der Waals surface area contributed by atoms with E-state index < -0.39 is 29.5 Å². The number of alkyl halides is 6. The summed E-state index contributed by atoms with van der Waals surface area (Å²) in [5.41, 5.74) is 2.63. The second kappa shape index (κ2) is 5.40. The van der Waals surface area contributed by atoms with E-state index in [1.807, 2.05) is 0 Å². The molecule has 1 aromatic carbocycles. The third-order valence-corrected chi connectivity index (χ3v) is 2.69. The smallest absolute Gasteiger partial charge is 0.324 e. The first-order valence-electron chi connectivity index (χ1n) is 5.61. The minimum atomic E-state index is -4.86. The molecule has 0 unspecified atom stereocenters. The maximum atomic E-state index is 12.8. The van der Waals surface area contributed by atoms with Gasteiger partial charge in [0, 0.05) is 6.04 Å². The fourth-order valence-electron chi connectivity index (χ4n) is 1.77. The lowest BCUT2D eigenvalue weighted by molar-refractivity contribution is -0.143. The molecule has 1 atom stereocenters. The Hall–Kier alpha value is -1.24. The molecule has 2 N–H and O–H groups in total. The summed E-state index contributed by atoms with van der Waals surface area (Å²) in [5, 5.41) is 0. The van der Waals surface area contributed by atoms with Gasteiger partial charge in [0.25, 0.3) is 0 Å². The summed E-state index contributed by atoms with van der Waals surface area (Å²) >= 11 is 0. The van der Waals surface area contributed by atoms with Crippen LogP contribution in [0.2, 0.25) is 0 Å². The van der Waals surface area contributed by atoms with Gasteiger partial charge in [0.1, 0.15) is 0 Å². The van der Waals surface area contributed by atoms with E-state index in [1.54, 1.807) is 6.92 Å². The van der Waals surface area contributed by atoms with Crippen molar-refractivity contribution in [2.45, 2.75) is 38.2 Å². The first-order chi connectivity index (χ1) is 8.57. The number of halogens is 6.